The fourth-order valence-corrected chi connectivity index (χ4v) is 1.92. The lowest BCUT2D eigenvalue weighted by molar-refractivity contribution is -0.148. The van der Waals surface area contributed by atoms with E-state index in [0.29, 0.717) is 19.4 Å². The highest BCUT2D eigenvalue weighted by atomic mass is 16.6. The molecule has 0 radical (unpaired) electrons. The van der Waals surface area contributed by atoms with Crippen LogP contribution >= 0.6 is 0 Å². The van der Waals surface area contributed by atoms with Gasteiger partial charge in [0.25, 0.3) is 0 Å². The summed E-state index contributed by atoms with van der Waals surface area (Å²) in [6.07, 6.45) is 4.30. The standard InChI is InChI=1S/C12H20O4/c1-3-15-10(13)6-4-5-8-12(2)9-7-11(14)16-12/h3-9H2,1-2H3/t12-/m1/s1. The van der Waals surface area contributed by atoms with Gasteiger partial charge >= 0.3 is 11.9 Å². The van der Waals surface area contributed by atoms with Gasteiger partial charge in [-0.2, -0.15) is 0 Å². The number of carbonyl (C=O) groups excluding carboxylic acids is 2. The van der Waals surface area contributed by atoms with E-state index >= 15 is 0 Å². The highest BCUT2D eigenvalue weighted by molar-refractivity contribution is 5.72. The predicted octanol–water partition coefficient (Wildman–Crippen LogP) is 2.21. The van der Waals surface area contributed by atoms with Crippen LogP contribution in [0.15, 0.2) is 0 Å². The number of rotatable bonds is 6. The second-order valence-electron chi connectivity index (χ2n) is 4.44. The Morgan fingerprint density at radius 2 is 2.25 bits per heavy atom. The summed E-state index contributed by atoms with van der Waals surface area (Å²) in [5, 5.41) is 0. The number of hydrogen-bond acceptors (Lipinski definition) is 4. The average Bonchev–Trinajstić information content (AvgIpc) is 2.55. The summed E-state index contributed by atoms with van der Waals surface area (Å²) in [5.41, 5.74) is -0.300. The first-order chi connectivity index (χ1) is 7.56. The molecule has 1 aliphatic rings. The summed E-state index contributed by atoms with van der Waals surface area (Å²) in [5.74, 6) is -0.246. The van der Waals surface area contributed by atoms with Gasteiger partial charge in [-0.1, -0.05) is 0 Å². The van der Waals surface area contributed by atoms with Gasteiger partial charge in [-0.15, -0.1) is 0 Å². The molecule has 92 valence electrons. The number of esters is 2. The fraction of sp³-hybridized carbons (Fsp3) is 0.833. The minimum Gasteiger partial charge on any atom is -0.466 e. The molecule has 1 aliphatic heterocycles. The van der Waals surface area contributed by atoms with Crippen LogP contribution in [-0.4, -0.2) is 24.1 Å². The molecule has 1 atom stereocenters. The third-order valence-corrected chi connectivity index (χ3v) is 2.86. The van der Waals surface area contributed by atoms with Crippen LogP contribution in [0, 0.1) is 0 Å². The Hall–Kier alpha value is -1.06. The van der Waals surface area contributed by atoms with Crippen LogP contribution in [0.4, 0.5) is 0 Å². The second-order valence-corrected chi connectivity index (χ2v) is 4.44. The van der Waals surface area contributed by atoms with Gasteiger partial charge in [0.15, 0.2) is 0 Å². The first-order valence-corrected chi connectivity index (χ1v) is 5.93. The van der Waals surface area contributed by atoms with Crippen molar-refractivity contribution in [1.82, 2.24) is 0 Å². The molecule has 0 amide bonds. The summed E-state index contributed by atoms with van der Waals surface area (Å²) >= 11 is 0. The van der Waals surface area contributed by atoms with Crippen molar-refractivity contribution in [2.75, 3.05) is 6.61 Å². The van der Waals surface area contributed by atoms with Gasteiger partial charge in [-0.05, 0) is 39.5 Å². The Morgan fingerprint density at radius 1 is 1.50 bits per heavy atom. The molecule has 0 saturated carbocycles. The average molecular weight is 228 g/mol. The molecule has 16 heavy (non-hydrogen) atoms. The quantitative estimate of drug-likeness (QED) is 0.516. The molecule has 4 nitrogen and oxygen atoms in total. The SMILES string of the molecule is CCOC(=O)CCCC[C@]1(C)CCC(=O)O1. The first kappa shape index (κ1) is 13.0. The summed E-state index contributed by atoms with van der Waals surface area (Å²) in [6.45, 7) is 4.20. The molecule has 0 aromatic heterocycles. The molecule has 1 fully saturated rings. The zero-order valence-corrected chi connectivity index (χ0v) is 10.1. The first-order valence-electron chi connectivity index (χ1n) is 5.93. The predicted molar refractivity (Wildman–Crippen MR) is 58.8 cm³/mol. The van der Waals surface area contributed by atoms with Crippen molar-refractivity contribution in [3.8, 4) is 0 Å². The minimum absolute atomic E-state index is 0.104. The van der Waals surface area contributed by atoms with Gasteiger partial charge in [0.05, 0.1) is 6.61 Å². The highest BCUT2D eigenvalue weighted by Gasteiger charge is 2.34. The van der Waals surface area contributed by atoms with Gasteiger partial charge in [-0.25, -0.2) is 0 Å². The molecule has 0 aromatic rings. The van der Waals surface area contributed by atoms with E-state index in [-0.39, 0.29) is 17.5 Å². The normalized spacial score (nSPS) is 24.2. The Labute approximate surface area is 96.3 Å². The molecule has 0 aromatic carbocycles. The van der Waals surface area contributed by atoms with Gasteiger partial charge in [0.2, 0.25) is 0 Å². The van der Waals surface area contributed by atoms with Gasteiger partial charge in [0.1, 0.15) is 5.60 Å². The van der Waals surface area contributed by atoms with Crippen molar-refractivity contribution >= 4 is 11.9 Å². The summed E-state index contributed by atoms with van der Waals surface area (Å²) in [7, 11) is 0. The molecular formula is C12H20O4. The molecule has 0 aliphatic carbocycles. The third kappa shape index (κ3) is 4.21. The van der Waals surface area contributed by atoms with E-state index in [0.717, 1.165) is 25.7 Å². The van der Waals surface area contributed by atoms with Crippen LogP contribution < -0.4 is 0 Å². The van der Waals surface area contributed by atoms with Crippen LogP contribution in [0.1, 0.15) is 52.4 Å². The second kappa shape index (κ2) is 5.87. The Balaban J connectivity index is 2.11. The molecule has 1 rings (SSSR count). The van der Waals surface area contributed by atoms with Crippen molar-refractivity contribution in [3.05, 3.63) is 0 Å². The number of ether oxygens (including phenoxy) is 2. The van der Waals surface area contributed by atoms with Crippen LogP contribution in [0.2, 0.25) is 0 Å². The van der Waals surface area contributed by atoms with E-state index in [2.05, 4.69) is 0 Å². The lowest BCUT2D eigenvalue weighted by atomic mass is 9.95. The van der Waals surface area contributed by atoms with Gasteiger partial charge < -0.3 is 9.47 Å². The molecule has 1 saturated heterocycles. The number of unbranched alkanes of at least 4 members (excludes halogenated alkanes) is 1. The molecular weight excluding hydrogens is 208 g/mol. The van der Waals surface area contributed by atoms with E-state index in [4.69, 9.17) is 9.47 Å². The lowest BCUT2D eigenvalue weighted by Crippen LogP contribution is -2.23. The Kier molecular flexibility index (Phi) is 4.77. The third-order valence-electron chi connectivity index (χ3n) is 2.86. The van der Waals surface area contributed by atoms with Crippen LogP contribution in [0.3, 0.4) is 0 Å². The van der Waals surface area contributed by atoms with Crippen LogP contribution in [0.25, 0.3) is 0 Å². The lowest BCUT2D eigenvalue weighted by Gasteiger charge is -2.22. The minimum atomic E-state index is -0.300. The summed E-state index contributed by atoms with van der Waals surface area (Å²) < 4.78 is 10.1. The molecule has 0 spiro atoms. The van der Waals surface area contributed by atoms with Crippen LogP contribution in [0.5, 0.6) is 0 Å². The smallest absolute Gasteiger partial charge is 0.306 e. The molecule has 0 bridgehead atoms. The van der Waals surface area contributed by atoms with E-state index in [1.807, 2.05) is 6.92 Å². The maximum absolute atomic E-state index is 11.1. The molecule has 0 N–H and O–H groups in total. The van der Waals surface area contributed by atoms with Crippen LogP contribution in [-0.2, 0) is 19.1 Å². The van der Waals surface area contributed by atoms with Crippen molar-refractivity contribution in [2.24, 2.45) is 0 Å². The number of carbonyl (C=O) groups is 2. The number of hydrogen-bond donors (Lipinski definition) is 0. The van der Waals surface area contributed by atoms with E-state index in [1.165, 1.54) is 0 Å². The topological polar surface area (TPSA) is 52.6 Å². The van der Waals surface area contributed by atoms with Crippen molar-refractivity contribution < 1.29 is 19.1 Å². The zero-order chi connectivity index (χ0) is 12.0. The maximum Gasteiger partial charge on any atom is 0.306 e. The fourth-order valence-electron chi connectivity index (χ4n) is 1.92. The zero-order valence-electron chi connectivity index (χ0n) is 10.1. The summed E-state index contributed by atoms with van der Waals surface area (Å²) in [6, 6.07) is 0. The van der Waals surface area contributed by atoms with E-state index < -0.39 is 0 Å². The Bertz CT molecular complexity index is 262. The monoisotopic (exact) mass is 228 g/mol. The van der Waals surface area contributed by atoms with Crippen molar-refractivity contribution in [2.45, 2.75) is 58.0 Å². The van der Waals surface area contributed by atoms with E-state index in [1.54, 1.807) is 6.92 Å². The van der Waals surface area contributed by atoms with Gasteiger partial charge in [0, 0.05) is 12.8 Å². The molecule has 0 unspecified atom stereocenters. The number of cyclic esters (lactones) is 1. The largest absolute Gasteiger partial charge is 0.466 e. The highest BCUT2D eigenvalue weighted by Crippen LogP contribution is 2.31. The maximum atomic E-state index is 11.1. The van der Waals surface area contributed by atoms with E-state index in [9.17, 15) is 9.59 Å². The van der Waals surface area contributed by atoms with Crippen molar-refractivity contribution in [3.63, 3.8) is 0 Å². The van der Waals surface area contributed by atoms with Gasteiger partial charge in [-0.3, -0.25) is 9.59 Å². The summed E-state index contributed by atoms with van der Waals surface area (Å²) in [4.78, 5) is 22.1. The van der Waals surface area contributed by atoms with Crippen molar-refractivity contribution in [1.29, 1.82) is 0 Å². The molecule has 1 heterocycles. The Morgan fingerprint density at radius 3 is 2.81 bits per heavy atom. The molecule has 4 heteroatoms.